The van der Waals surface area contributed by atoms with Crippen molar-refractivity contribution in [1.82, 2.24) is 0 Å². The number of carbonyl (C=O) groups excluding carboxylic acids is 1. The molecule has 0 radical (unpaired) electrons. The number of anilines is 2. The van der Waals surface area contributed by atoms with Crippen molar-refractivity contribution >= 4 is 38.9 Å². The Labute approximate surface area is 198 Å². The van der Waals surface area contributed by atoms with Gasteiger partial charge in [0, 0.05) is 16.8 Å². The van der Waals surface area contributed by atoms with E-state index in [1.807, 2.05) is 13.8 Å². The van der Waals surface area contributed by atoms with Crippen LogP contribution in [0, 0.1) is 13.8 Å². The predicted molar refractivity (Wildman–Crippen MR) is 130 cm³/mol. The monoisotopic (exact) mass is 488 g/mol. The van der Waals surface area contributed by atoms with Gasteiger partial charge in [-0.1, -0.05) is 35.4 Å². The van der Waals surface area contributed by atoms with Crippen LogP contribution in [0.25, 0.3) is 0 Å². The quantitative estimate of drug-likeness (QED) is 0.492. The molecule has 0 saturated carbocycles. The summed E-state index contributed by atoms with van der Waals surface area (Å²) in [5.41, 5.74) is 2.41. The summed E-state index contributed by atoms with van der Waals surface area (Å²) in [7, 11) is -1.19. The molecular formula is C24H25ClN2O5S. The Morgan fingerprint density at radius 3 is 2.30 bits per heavy atom. The van der Waals surface area contributed by atoms with Crippen molar-refractivity contribution in [2.75, 3.05) is 30.4 Å². The second-order valence-electron chi connectivity index (χ2n) is 7.37. The van der Waals surface area contributed by atoms with Gasteiger partial charge in [0.15, 0.2) is 0 Å². The van der Waals surface area contributed by atoms with Gasteiger partial charge in [0.05, 0.1) is 24.8 Å². The number of benzene rings is 3. The molecule has 0 saturated heterocycles. The highest BCUT2D eigenvalue weighted by Crippen LogP contribution is 2.35. The average molecular weight is 489 g/mol. The molecule has 0 unspecified atom stereocenters. The number of sulfonamides is 1. The lowest BCUT2D eigenvalue weighted by Gasteiger charge is -2.26. The molecular weight excluding hydrogens is 464 g/mol. The van der Waals surface area contributed by atoms with Crippen molar-refractivity contribution in [3.63, 3.8) is 0 Å². The van der Waals surface area contributed by atoms with Crippen LogP contribution in [0.2, 0.25) is 5.02 Å². The van der Waals surface area contributed by atoms with Gasteiger partial charge < -0.3 is 14.8 Å². The first-order valence-corrected chi connectivity index (χ1v) is 11.8. The number of hydrogen-bond donors (Lipinski definition) is 1. The highest BCUT2D eigenvalue weighted by molar-refractivity contribution is 7.92. The van der Waals surface area contributed by atoms with E-state index < -0.39 is 22.5 Å². The first kappa shape index (κ1) is 24.4. The van der Waals surface area contributed by atoms with E-state index >= 15 is 0 Å². The number of hydrogen-bond acceptors (Lipinski definition) is 5. The summed E-state index contributed by atoms with van der Waals surface area (Å²) in [6.45, 7) is 3.20. The van der Waals surface area contributed by atoms with Gasteiger partial charge in [0.2, 0.25) is 5.91 Å². The number of rotatable bonds is 8. The molecule has 3 rings (SSSR count). The summed E-state index contributed by atoms with van der Waals surface area (Å²) < 4.78 is 38.9. The zero-order valence-corrected chi connectivity index (χ0v) is 20.3. The molecule has 0 heterocycles. The number of halogens is 1. The molecule has 0 bridgehead atoms. The summed E-state index contributed by atoms with van der Waals surface area (Å²) in [5.74, 6) is 0.202. The van der Waals surface area contributed by atoms with Crippen LogP contribution in [0.4, 0.5) is 11.4 Å². The maximum absolute atomic E-state index is 13.6. The lowest BCUT2D eigenvalue weighted by Crippen LogP contribution is -2.38. The third-order valence-corrected chi connectivity index (χ3v) is 7.03. The second-order valence-corrected chi connectivity index (χ2v) is 9.67. The normalized spacial score (nSPS) is 11.1. The highest BCUT2D eigenvalue weighted by Gasteiger charge is 2.30. The Balaban J connectivity index is 2.04. The van der Waals surface area contributed by atoms with Crippen molar-refractivity contribution in [3.8, 4) is 11.5 Å². The molecule has 7 nitrogen and oxygen atoms in total. The lowest BCUT2D eigenvalue weighted by molar-refractivity contribution is -0.114. The van der Waals surface area contributed by atoms with Crippen LogP contribution < -0.4 is 19.1 Å². The number of carbonyl (C=O) groups is 1. The number of nitrogens with one attached hydrogen (secondary N) is 1. The van der Waals surface area contributed by atoms with Gasteiger partial charge in [0.1, 0.15) is 18.0 Å². The molecule has 1 N–H and O–H groups in total. The highest BCUT2D eigenvalue weighted by atomic mass is 35.5. The van der Waals surface area contributed by atoms with E-state index in [2.05, 4.69) is 5.32 Å². The minimum absolute atomic E-state index is 0.0534. The van der Waals surface area contributed by atoms with Crippen LogP contribution in [-0.4, -0.2) is 35.1 Å². The minimum Gasteiger partial charge on any atom is -0.497 e. The molecule has 0 aliphatic heterocycles. The van der Waals surface area contributed by atoms with Crippen LogP contribution >= 0.6 is 11.6 Å². The Morgan fingerprint density at radius 1 is 0.970 bits per heavy atom. The van der Waals surface area contributed by atoms with Gasteiger partial charge in [-0.3, -0.25) is 9.10 Å². The van der Waals surface area contributed by atoms with Crippen molar-refractivity contribution in [1.29, 1.82) is 0 Å². The van der Waals surface area contributed by atoms with E-state index in [-0.39, 0.29) is 16.3 Å². The van der Waals surface area contributed by atoms with Crippen molar-refractivity contribution in [3.05, 3.63) is 76.8 Å². The van der Waals surface area contributed by atoms with Gasteiger partial charge in [-0.2, -0.15) is 0 Å². The maximum atomic E-state index is 13.6. The van der Waals surface area contributed by atoms with Crippen molar-refractivity contribution < 1.29 is 22.7 Å². The Hall–Kier alpha value is -3.23. The van der Waals surface area contributed by atoms with Crippen molar-refractivity contribution in [2.45, 2.75) is 18.7 Å². The fourth-order valence-electron chi connectivity index (χ4n) is 3.18. The molecule has 0 fully saturated rings. The molecule has 1 amide bonds. The standard InChI is InChI=1S/C24H25ClN2O5S/c1-16-5-10-20(11-6-16)33(29,30)27(22-12-9-19(31-3)14-23(22)32-4)15-24(28)26-21-13-18(25)8-7-17(21)2/h5-14H,15H2,1-4H3,(H,26,28). The van der Waals surface area contributed by atoms with Crippen LogP contribution in [0.3, 0.4) is 0 Å². The van der Waals surface area contributed by atoms with E-state index in [1.165, 1.54) is 26.4 Å². The van der Waals surface area contributed by atoms with Gasteiger partial charge in [-0.15, -0.1) is 0 Å². The molecule has 0 atom stereocenters. The van der Waals surface area contributed by atoms with E-state index in [1.54, 1.807) is 48.5 Å². The third kappa shape index (κ3) is 5.58. The third-order valence-electron chi connectivity index (χ3n) is 5.03. The summed E-state index contributed by atoms with van der Waals surface area (Å²) >= 11 is 6.05. The summed E-state index contributed by atoms with van der Waals surface area (Å²) in [4.78, 5) is 13.0. The number of amides is 1. The molecule has 9 heteroatoms. The number of methoxy groups -OCH3 is 2. The molecule has 174 valence electrons. The Morgan fingerprint density at radius 2 is 1.67 bits per heavy atom. The van der Waals surface area contributed by atoms with Gasteiger partial charge in [-0.05, 0) is 55.8 Å². The maximum Gasteiger partial charge on any atom is 0.264 e. The zero-order valence-electron chi connectivity index (χ0n) is 18.8. The SMILES string of the molecule is COc1ccc(N(CC(=O)Nc2cc(Cl)ccc2C)S(=O)(=O)c2ccc(C)cc2)c(OC)c1. The van der Waals surface area contributed by atoms with Crippen LogP contribution in [0.5, 0.6) is 11.5 Å². The summed E-state index contributed by atoms with van der Waals surface area (Å²) in [6.07, 6.45) is 0. The molecule has 0 aromatic heterocycles. The molecule has 3 aromatic rings. The van der Waals surface area contributed by atoms with E-state index in [0.717, 1.165) is 15.4 Å². The molecule has 0 aliphatic rings. The Bertz CT molecular complexity index is 1260. The van der Waals surface area contributed by atoms with E-state index in [4.69, 9.17) is 21.1 Å². The molecule has 0 spiro atoms. The summed E-state index contributed by atoms with van der Waals surface area (Å²) in [5, 5.41) is 3.20. The second kappa shape index (κ2) is 10.1. The number of aryl methyl sites for hydroxylation is 2. The lowest BCUT2D eigenvalue weighted by atomic mass is 10.2. The van der Waals surface area contributed by atoms with Gasteiger partial charge in [-0.25, -0.2) is 8.42 Å². The Kier molecular flexibility index (Phi) is 7.50. The molecule has 3 aromatic carbocycles. The van der Waals surface area contributed by atoms with E-state index in [9.17, 15) is 13.2 Å². The minimum atomic E-state index is -4.10. The fraction of sp³-hybridized carbons (Fsp3) is 0.208. The largest absolute Gasteiger partial charge is 0.497 e. The van der Waals surface area contributed by atoms with E-state index in [0.29, 0.717) is 16.5 Å². The molecule has 33 heavy (non-hydrogen) atoms. The van der Waals surface area contributed by atoms with Crippen LogP contribution in [0.15, 0.2) is 65.6 Å². The first-order valence-electron chi connectivity index (χ1n) is 10.0. The average Bonchev–Trinajstić information content (AvgIpc) is 2.79. The van der Waals surface area contributed by atoms with Gasteiger partial charge in [0.25, 0.3) is 10.0 Å². The number of nitrogens with zero attached hydrogens (tertiary/aromatic N) is 1. The van der Waals surface area contributed by atoms with Gasteiger partial charge >= 0.3 is 0 Å². The predicted octanol–water partition coefficient (Wildman–Crippen LogP) is 4.81. The topological polar surface area (TPSA) is 84.9 Å². The number of ether oxygens (including phenoxy) is 2. The first-order chi connectivity index (χ1) is 15.6. The van der Waals surface area contributed by atoms with Crippen LogP contribution in [0.1, 0.15) is 11.1 Å². The van der Waals surface area contributed by atoms with Crippen molar-refractivity contribution in [2.24, 2.45) is 0 Å². The fourth-order valence-corrected chi connectivity index (χ4v) is 4.78. The molecule has 0 aliphatic carbocycles. The zero-order chi connectivity index (χ0) is 24.2. The smallest absolute Gasteiger partial charge is 0.264 e. The van der Waals surface area contributed by atoms with Crippen LogP contribution in [-0.2, 0) is 14.8 Å². The summed E-state index contributed by atoms with van der Waals surface area (Å²) in [6, 6.07) is 16.2.